The van der Waals surface area contributed by atoms with Crippen molar-refractivity contribution in [2.45, 2.75) is 33.2 Å². The average molecular weight is 388 g/mol. The zero-order valence-electron chi connectivity index (χ0n) is 16.1. The van der Waals surface area contributed by atoms with Gasteiger partial charge in [0, 0.05) is 55.4 Å². The number of amides is 2. The predicted molar refractivity (Wildman–Crippen MR) is 108 cm³/mol. The summed E-state index contributed by atoms with van der Waals surface area (Å²) < 4.78 is 0. The van der Waals surface area contributed by atoms with E-state index < -0.39 is 0 Å². The Morgan fingerprint density at radius 3 is 2.59 bits per heavy atom. The first-order valence-electron chi connectivity index (χ1n) is 9.30. The van der Waals surface area contributed by atoms with Gasteiger partial charge < -0.3 is 15.1 Å². The number of nitrogens with one attached hydrogen (secondary N) is 1. The lowest BCUT2D eigenvalue weighted by molar-refractivity contribution is 0.194. The molecule has 0 aliphatic carbocycles. The normalized spacial score (nSPS) is 14.6. The van der Waals surface area contributed by atoms with Gasteiger partial charge in [-0.1, -0.05) is 37.6 Å². The third-order valence-electron chi connectivity index (χ3n) is 4.60. The predicted octanol–water partition coefficient (Wildman–Crippen LogP) is 3.59. The van der Waals surface area contributed by atoms with Crippen LogP contribution in [0.1, 0.15) is 36.8 Å². The highest BCUT2D eigenvalue weighted by atomic mass is 35.5. The molecule has 7 heteroatoms. The number of benzene rings is 1. The standard InChI is InChI=1S/C20H26ClN5O/c1-14(2)19-23-15(3)11-18(24-19)25-7-9-26(10-8-25)20(27)22-13-16-5-4-6-17(21)12-16/h4-6,11-12,14H,7-10,13H2,1-3H3,(H,22,27). The minimum absolute atomic E-state index is 0.0450. The van der Waals surface area contributed by atoms with Crippen molar-refractivity contribution in [1.82, 2.24) is 20.2 Å². The first-order valence-corrected chi connectivity index (χ1v) is 9.68. The molecule has 1 saturated heterocycles. The Labute approximate surface area is 165 Å². The van der Waals surface area contributed by atoms with Crippen molar-refractivity contribution < 1.29 is 4.79 Å². The van der Waals surface area contributed by atoms with Gasteiger partial charge >= 0.3 is 6.03 Å². The molecule has 0 atom stereocenters. The molecule has 6 nitrogen and oxygen atoms in total. The second kappa shape index (κ2) is 8.57. The van der Waals surface area contributed by atoms with Crippen molar-refractivity contribution in [1.29, 1.82) is 0 Å². The largest absolute Gasteiger partial charge is 0.353 e. The first-order chi connectivity index (χ1) is 12.9. The topological polar surface area (TPSA) is 61.4 Å². The summed E-state index contributed by atoms with van der Waals surface area (Å²) in [5.74, 6) is 2.11. The number of hydrogen-bond acceptors (Lipinski definition) is 4. The molecular weight excluding hydrogens is 362 g/mol. The van der Waals surface area contributed by atoms with Gasteiger partial charge in [-0.05, 0) is 24.6 Å². The zero-order valence-corrected chi connectivity index (χ0v) is 16.8. The van der Waals surface area contributed by atoms with Crippen LogP contribution in [0, 0.1) is 6.92 Å². The molecule has 0 saturated carbocycles. The molecule has 0 bridgehead atoms. The van der Waals surface area contributed by atoms with Gasteiger partial charge in [-0.3, -0.25) is 0 Å². The lowest BCUT2D eigenvalue weighted by Crippen LogP contribution is -2.52. The van der Waals surface area contributed by atoms with Crippen molar-refractivity contribution in [3.8, 4) is 0 Å². The summed E-state index contributed by atoms with van der Waals surface area (Å²) in [6, 6.07) is 9.50. The molecule has 0 unspecified atom stereocenters. The molecule has 27 heavy (non-hydrogen) atoms. The summed E-state index contributed by atoms with van der Waals surface area (Å²) >= 11 is 5.99. The molecule has 3 rings (SSSR count). The monoisotopic (exact) mass is 387 g/mol. The quantitative estimate of drug-likeness (QED) is 0.870. The van der Waals surface area contributed by atoms with Crippen molar-refractivity contribution in [3.05, 3.63) is 52.4 Å². The lowest BCUT2D eigenvalue weighted by atomic mass is 10.2. The molecule has 144 valence electrons. The Morgan fingerprint density at radius 1 is 1.19 bits per heavy atom. The van der Waals surface area contributed by atoms with E-state index in [4.69, 9.17) is 16.6 Å². The number of halogens is 1. The Kier molecular flexibility index (Phi) is 6.16. The van der Waals surface area contributed by atoms with Crippen molar-refractivity contribution in [2.24, 2.45) is 0 Å². The molecule has 1 aromatic heterocycles. The fraction of sp³-hybridized carbons (Fsp3) is 0.450. The van der Waals surface area contributed by atoms with Gasteiger partial charge in [0.1, 0.15) is 11.6 Å². The van der Waals surface area contributed by atoms with Gasteiger partial charge in [-0.25, -0.2) is 14.8 Å². The second-order valence-electron chi connectivity index (χ2n) is 7.14. The van der Waals surface area contributed by atoms with Gasteiger partial charge in [0.05, 0.1) is 0 Å². The van der Waals surface area contributed by atoms with Crippen LogP contribution >= 0.6 is 11.6 Å². The van der Waals surface area contributed by atoms with Gasteiger partial charge in [0.25, 0.3) is 0 Å². The molecule has 1 N–H and O–H groups in total. The third-order valence-corrected chi connectivity index (χ3v) is 4.83. The summed E-state index contributed by atoms with van der Waals surface area (Å²) in [5.41, 5.74) is 1.97. The van der Waals surface area contributed by atoms with Crippen LogP contribution < -0.4 is 10.2 Å². The fourth-order valence-electron chi connectivity index (χ4n) is 3.07. The SMILES string of the molecule is Cc1cc(N2CCN(C(=O)NCc3cccc(Cl)c3)CC2)nc(C(C)C)n1. The fourth-order valence-corrected chi connectivity index (χ4v) is 3.28. The highest BCUT2D eigenvalue weighted by Gasteiger charge is 2.22. The summed E-state index contributed by atoms with van der Waals surface area (Å²) in [5, 5.41) is 3.64. The molecule has 2 heterocycles. The van der Waals surface area contributed by atoms with Crippen LogP contribution in [0.15, 0.2) is 30.3 Å². The van der Waals surface area contributed by atoms with Crippen LogP contribution in [-0.2, 0) is 6.54 Å². The van der Waals surface area contributed by atoms with Gasteiger partial charge in [0.2, 0.25) is 0 Å². The number of piperazine rings is 1. The number of anilines is 1. The molecule has 1 aromatic carbocycles. The van der Waals surface area contributed by atoms with Crippen molar-refractivity contribution in [2.75, 3.05) is 31.1 Å². The van der Waals surface area contributed by atoms with E-state index in [0.29, 0.717) is 30.6 Å². The van der Waals surface area contributed by atoms with E-state index in [-0.39, 0.29) is 6.03 Å². The molecule has 0 spiro atoms. The van der Waals surface area contributed by atoms with E-state index in [1.54, 1.807) is 0 Å². The van der Waals surface area contributed by atoms with E-state index in [0.717, 1.165) is 36.0 Å². The van der Waals surface area contributed by atoms with Gasteiger partial charge in [-0.15, -0.1) is 0 Å². The molecule has 2 aromatic rings. The maximum atomic E-state index is 12.4. The molecule has 0 radical (unpaired) electrons. The number of carbonyl (C=O) groups excluding carboxylic acids is 1. The smallest absolute Gasteiger partial charge is 0.317 e. The maximum absolute atomic E-state index is 12.4. The number of hydrogen-bond donors (Lipinski definition) is 1. The highest BCUT2D eigenvalue weighted by Crippen LogP contribution is 2.19. The Bertz CT molecular complexity index is 803. The minimum atomic E-state index is -0.0450. The van der Waals surface area contributed by atoms with E-state index >= 15 is 0 Å². The third kappa shape index (κ3) is 5.10. The Balaban J connectivity index is 1.55. The first kappa shape index (κ1) is 19.4. The van der Waals surface area contributed by atoms with E-state index in [2.05, 4.69) is 29.0 Å². The number of urea groups is 1. The number of carbonyl (C=O) groups is 1. The minimum Gasteiger partial charge on any atom is -0.353 e. The van der Waals surface area contributed by atoms with Crippen LogP contribution in [0.5, 0.6) is 0 Å². The van der Waals surface area contributed by atoms with Crippen LogP contribution in [0.25, 0.3) is 0 Å². The van der Waals surface area contributed by atoms with Gasteiger partial charge in [0.15, 0.2) is 0 Å². The molecule has 2 amide bonds. The van der Waals surface area contributed by atoms with E-state index in [1.807, 2.05) is 42.2 Å². The molecule has 1 fully saturated rings. The second-order valence-corrected chi connectivity index (χ2v) is 7.58. The van der Waals surface area contributed by atoms with Crippen LogP contribution in [-0.4, -0.2) is 47.1 Å². The van der Waals surface area contributed by atoms with Crippen LogP contribution in [0.2, 0.25) is 5.02 Å². The maximum Gasteiger partial charge on any atom is 0.317 e. The number of aryl methyl sites for hydroxylation is 1. The summed E-state index contributed by atoms with van der Waals surface area (Å²) in [7, 11) is 0. The van der Waals surface area contributed by atoms with Crippen LogP contribution in [0.3, 0.4) is 0 Å². The van der Waals surface area contributed by atoms with E-state index in [1.165, 1.54) is 0 Å². The van der Waals surface area contributed by atoms with Gasteiger partial charge in [-0.2, -0.15) is 0 Å². The average Bonchev–Trinajstić information content (AvgIpc) is 2.66. The van der Waals surface area contributed by atoms with Crippen molar-refractivity contribution >= 4 is 23.4 Å². The summed E-state index contributed by atoms with van der Waals surface area (Å²) in [4.78, 5) is 25.7. The van der Waals surface area contributed by atoms with Crippen molar-refractivity contribution in [3.63, 3.8) is 0 Å². The molecule has 1 aliphatic rings. The number of rotatable bonds is 4. The van der Waals surface area contributed by atoms with Crippen LogP contribution in [0.4, 0.5) is 10.6 Å². The Hall–Kier alpha value is -2.34. The zero-order chi connectivity index (χ0) is 19.4. The summed E-state index contributed by atoms with van der Waals surface area (Å²) in [6.45, 7) is 9.53. The molecular formula is C20H26ClN5O. The lowest BCUT2D eigenvalue weighted by Gasteiger charge is -2.35. The number of aromatic nitrogens is 2. The highest BCUT2D eigenvalue weighted by molar-refractivity contribution is 6.30. The van der Waals surface area contributed by atoms with E-state index in [9.17, 15) is 4.79 Å². The summed E-state index contributed by atoms with van der Waals surface area (Å²) in [6.07, 6.45) is 0. The number of nitrogens with zero attached hydrogens (tertiary/aromatic N) is 4. The molecule has 1 aliphatic heterocycles. The Morgan fingerprint density at radius 2 is 1.93 bits per heavy atom.